The van der Waals surface area contributed by atoms with Gasteiger partial charge in [0.25, 0.3) is 0 Å². The molecule has 122 valence electrons. The van der Waals surface area contributed by atoms with Crippen LogP contribution in [-0.4, -0.2) is 12.6 Å². The Hall–Kier alpha value is -2.81. The molecule has 0 fully saturated rings. The molecule has 0 N–H and O–H groups in total. The van der Waals surface area contributed by atoms with Crippen molar-refractivity contribution in [1.29, 1.82) is 0 Å². The zero-order valence-electron chi connectivity index (χ0n) is 13.9. The molecule has 0 amide bonds. The molecule has 3 nitrogen and oxygen atoms in total. The van der Waals surface area contributed by atoms with Gasteiger partial charge in [-0.1, -0.05) is 43.3 Å². The molecule has 0 bridgehead atoms. The molecule has 2 aromatic rings. The van der Waals surface area contributed by atoms with Crippen molar-refractivity contribution in [2.75, 3.05) is 6.61 Å². The summed E-state index contributed by atoms with van der Waals surface area (Å²) in [7, 11) is 0. The van der Waals surface area contributed by atoms with Crippen molar-refractivity contribution in [3.05, 3.63) is 76.9 Å². The van der Waals surface area contributed by atoms with Crippen LogP contribution in [0, 0.1) is 0 Å². The van der Waals surface area contributed by atoms with Crippen LogP contribution < -0.4 is 4.74 Å². The van der Waals surface area contributed by atoms with Crippen LogP contribution >= 0.6 is 0 Å². The lowest BCUT2D eigenvalue weighted by Crippen LogP contribution is -1.97. The fourth-order valence-corrected chi connectivity index (χ4v) is 2.54. The highest BCUT2D eigenvalue weighted by Gasteiger charge is 2.21. The van der Waals surface area contributed by atoms with E-state index in [0.29, 0.717) is 17.9 Å². The summed E-state index contributed by atoms with van der Waals surface area (Å²) < 4.78 is 10.8. The van der Waals surface area contributed by atoms with E-state index in [1.165, 1.54) is 5.56 Å². The molecule has 0 aliphatic carbocycles. The lowest BCUT2D eigenvalue weighted by molar-refractivity contribution is -0.130. The molecule has 0 atom stereocenters. The van der Waals surface area contributed by atoms with Gasteiger partial charge in [-0.25, -0.2) is 4.79 Å². The fraction of sp³-hybridized carbons (Fsp3) is 0.190. The molecule has 1 aliphatic heterocycles. The van der Waals surface area contributed by atoms with E-state index in [1.807, 2.05) is 49.4 Å². The van der Waals surface area contributed by atoms with E-state index in [4.69, 9.17) is 9.47 Å². The number of benzene rings is 2. The summed E-state index contributed by atoms with van der Waals surface area (Å²) in [6.07, 6.45) is 4.60. The van der Waals surface area contributed by atoms with Gasteiger partial charge in [0.2, 0.25) is 0 Å². The number of aryl methyl sites for hydroxylation is 1. The first-order valence-electron chi connectivity index (χ1n) is 8.17. The number of rotatable bonds is 5. The Morgan fingerprint density at radius 2 is 1.71 bits per heavy atom. The number of carbonyl (C=O) groups is 1. The van der Waals surface area contributed by atoms with Crippen molar-refractivity contribution < 1.29 is 14.3 Å². The maximum Gasteiger partial charge on any atom is 0.343 e. The summed E-state index contributed by atoms with van der Waals surface area (Å²) >= 11 is 0. The monoisotopic (exact) mass is 320 g/mol. The predicted molar refractivity (Wildman–Crippen MR) is 95.5 cm³/mol. The Morgan fingerprint density at radius 1 is 1.00 bits per heavy atom. The molecule has 3 heteroatoms. The van der Waals surface area contributed by atoms with E-state index in [1.54, 1.807) is 6.08 Å². The summed E-state index contributed by atoms with van der Waals surface area (Å²) in [6, 6.07) is 15.7. The quantitative estimate of drug-likeness (QED) is 0.595. The lowest BCUT2D eigenvalue weighted by atomic mass is 10.1. The number of hydrogen-bond acceptors (Lipinski definition) is 3. The van der Waals surface area contributed by atoms with Crippen LogP contribution in [0.3, 0.4) is 0 Å². The molecular weight excluding hydrogens is 300 g/mol. The summed E-state index contributed by atoms with van der Waals surface area (Å²) in [5, 5.41) is 0. The van der Waals surface area contributed by atoms with Gasteiger partial charge in [0, 0.05) is 5.56 Å². The highest BCUT2D eigenvalue weighted by atomic mass is 16.5. The van der Waals surface area contributed by atoms with Crippen LogP contribution in [0.15, 0.2) is 60.2 Å². The molecule has 0 unspecified atom stereocenters. The van der Waals surface area contributed by atoms with Crippen molar-refractivity contribution in [2.24, 2.45) is 0 Å². The van der Waals surface area contributed by atoms with Gasteiger partial charge in [-0.2, -0.15) is 0 Å². The Balaban J connectivity index is 1.82. The van der Waals surface area contributed by atoms with Gasteiger partial charge >= 0.3 is 5.97 Å². The van der Waals surface area contributed by atoms with Crippen molar-refractivity contribution >= 4 is 17.8 Å². The lowest BCUT2D eigenvalue weighted by Gasteiger charge is -2.03. The smallest absolute Gasteiger partial charge is 0.343 e. The molecule has 1 aliphatic rings. The van der Waals surface area contributed by atoms with Crippen LogP contribution in [0.25, 0.3) is 11.8 Å². The predicted octanol–water partition coefficient (Wildman–Crippen LogP) is 4.63. The summed E-state index contributed by atoms with van der Waals surface area (Å²) in [5.41, 5.74) is 3.66. The fourth-order valence-electron chi connectivity index (χ4n) is 2.54. The highest BCUT2D eigenvalue weighted by Crippen LogP contribution is 2.28. The van der Waals surface area contributed by atoms with Gasteiger partial charge < -0.3 is 9.47 Å². The van der Waals surface area contributed by atoms with E-state index in [-0.39, 0.29) is 5.97 Å². The van der Waals surface area contributed by atoms with Gasteiger partial charge in [-0.3, -0.25) is 0 Å². The van der Waals surface area contributed by atoms with E-state index in [0.717, 1.165) is 23.3 Å². The second kappa shape index (κ2) is 7.18. The minimum atomic E-state index is -0.321. The molecular formula is C21H20O3. The van der Waals surface area contributed by atoms with E-state index >= 15 is 0 Å². The van der Waals surface area contributed by atoms with Crippen molar-refractivity contribution in [3.63, 3.8) is 0 Å². The molecule has 0 spiro atoms. The second-order valence-corrected chi connectivity index (χ2v) is 5.55. The van der Waals surface area contributed by atoms with Crippen LogP contribution in [-0.2, 0) is 16.0 Å². The molecule has 0 aromatic heterocycles. The molecule has 3 rings (SSSR count). The van der Waals surface area contributed by atoms with Crippen LogP contribution in [0.5, 0.6) is 5.75 Å². The Morgan fingerprint density at radius 3 is 2.33 bits per heavy atom. The first kappa shape index (κ1) is 16.1. The topological polar surface area (TPSA) is 35.5 Å². The first-order chi connectivity index (χ1) is 11.7. The van der Waals surface area contributed by atoms with Crippen molar-refractivity contribution in [2.45, 2.75) is 20.3 Å². The van der Waals surface area contributed by atoms with Crippen molar-refractivity contribution in [1.82, 2.24) is 0 Å². The maximum atomic E-state index is 12.1. The number of esters is 1. The summed E-state index contributed by atoms with van der Waals surface area (Å²) in [5.74, 6) is 1.10. The number of cyclic esters (lactones) is 1. The average molecular weight is 320 g/mol. The zero-order valence-corrected chi connectivity index (χ0v) is 13.9. The van der Waals surface area contributed by atoms with Crippen molar-refractivity contribution in [3.8, 4) is 5.75 Å². The average Bonchev–Trinajstić information content (AvgIpc) is 2.98. The minimum Gasteiger partial charge on any atom is -0.494 e. The van der Waals surface area contributed by atoms with E-state index in [2.05, 4.69) is 19.1 Å². The molecule has 0 saturated heterocycles. The SMILES string of the molecule is CCOc1ccc(/C=C2\C=C(c3ccc(CC)cc3)OC2=O)cc1. The largest absolute Gasteiger partial charge is 0.494 e. The number of hydrogen-bond donors (Lipinski definition) is 0. The first-order valence-corrected chi connectivity index (χ1v) is 8.17. The van der Waals surface area contributed by atoms with Gasteiger partial charge in [0.05, 0.1) is 12.2 Å². The third-order valence-electron chi connectivity index (χ3n) is 3.88. The third kappa shape index (κ3) is 3.57. The Labute approximate surface area is 142 Å². The zero-order chi connectivity index (χ0) is 16.9. The minimum absolute atomic E-state index is 0.321. The Bertz CT molecular complexity index is 781. The molecule has 0 radical (unpaired) electrons. The van der Waals surface area contributed by atoms with Gasteiger partial charge in [-0.05, 0) is 48.8 Å². The summed E-state index contributed by atoms with van der Waals surface area (Å²) in [4.78, 5) is 12.1. The van der Waals surface area contributed by atoms with E-state index in [9.17, 15) is 4.79 Å². The molecule has 24 heavy (non-hydrogen) atoms. The Kier molecular flexibility index (Phi) is 4.80. The molecule has 0 saturated carbocycles. The van der Waals surface area contributed by atoms with Crippen LogP contribution in [0.4, 0.5) is 0 Å². The molecule has 2 aromatic carbocycles. The number of carbonyl (C=O) groups excluding carboxylic acids is 1. The van der Waals surface area contributed by atoms with Crippen LogP contribution in [0.2, 0.25) is 0 Å². The van der Waals surface area contributed by atoms with Gasteiger partial charge in [0.1, 0.15) is 11.5 Å². The maximum absolute atomic E-state index is 12.1. The molecule has 1 heterocycles. The summed E-state index contributed by atoms with van der Waals surface area (Å²) in [6.45, 7) is 4.70. The van der Waals surface area contributed by atoms with Gasteiger partial charge in [-0.15, -0.1) is 0 Å². The normalized spacial score (nSPS) is 15.3. The third-order valence-corrected chi connectivity index (χ3v) is 3.88. The second-order valence-electron chi connectivity index (χ2n) is 5.55. The van der Waals surface area contributed by atoms with E-state index < -0.39 is 0 Å². The van der Waals surface area contributed by atoms with Crippen LogP contribution in [0.1, 0.15) is 30.5 Å². The number of ether oxygens (including phenoxy) is 2. The van der Waals surface area contributed by atoms with Gasteiger partial charge in [0.15, 0.2) is 0 Å². The standard InChI is InChI=1S/C21H20O3/c1-3-15-5-9-17(10-6-15)20-14-18(21(22)24-20)13-16-7-11-19(12-8-16)23-4-2/h5-14H,3-4H2,1-2H3/b18-13+. The highest BCUT2D eigenvalue weighted by molar-refractivity contribution is 6.05.